The highest BCUT2D eigenvalue weighted by molar-refractivity contribution is 7.25. The first-order valence-corrected chi connectivity index (χ1v) is 17.9. The van der Waals surface area contributed by atoms with Gasteiger partial charge in [-0.2, -0.15) is 9.97 Å². The normalized spacial score (nSPS) is 11.9. The van der Waals surface area contributed by atoms with Crippen molar-refractivity contribution in [3.05, 3.63) is 164 Å². The number of thiophene rings is 1. The van der Waals surface area contributed by atoms with Crippen LogP contribution in [0, 0.1) is 0 Å². The molecule has 0 fully saturated rings. The molecular weight excluding hydrogens is 643 g/mol. The van der Waals surface area contributed by atoms with Gasteiger partial charge in [0.2, 0.25) is 5.95 Å². The highest BCUT2D eigenvalue weighted by Crippen LogP contribution is 2.40. The maximum atomic E-state index is 5.27. The molecule has 4 aromatic heterocycles. The summed E-state index contributed by atoms with van der Waals surface area (Å²) >= 11 is 1.80. The summed E-state index contributed by atoms with van der Waals surface area (Å²) in [7, 11) is 0. The van der Waals surface area contributed by atoms with Crippen LogP contribution in [-0.2, 0) is 0 Å². The van der Waals surface area contributed by atoms with Gasteiger partial charge >= 0.3 is 0 Å². The molecule has 4 heterocycles. The van der Waals surface area contributed by atoms with Gasteiger partial charge in [0.15, 0.2) is 11.6 Å². The second kappa shape index (κ2) is 10.9. The summed E-state index contributed by atoms with van der Waals surface area (Å²) in [5, 5.41) is 7.20. The molecule has 238 valence electrons. The molecule has 51 heavy (non-hydrogen) atoms. The number of aromatic nitrogens is 5. The molecule has 0 aliphatic carbocycles. The monoisotopic (exact) mass is 669 g/mol. The Morgan fingerprint density at radius 2 is 0.902 bits per heavy atom. The zero-order chi connectivity index (χ0) is 33.5. The Bertz CT molecular complexity index is 3140. The summed E-state index contributed by atoms with van der Waals surface area (Å²) in [5.74, 6) is 1.87. The van der Waals surface area contributed by atoms with Crippen LogP contribution in [0.2, 0.25) is 0 Å². The van der Waals surface area contributed by atoms with E-state index in [0.29, 0.717) is 17.6 Å². The lowest BCUT2D eigenvalue weighted by Gasteiger charge is -2.11. The van der Waals surface area contributed by atoms with E-state index in [2.05, 4.69) is 155 Å². The highest BCUT2D eigenvalue weighted by atomic mass is 32.1. The Balaban J connectivity index is 1.21. The SMILES string of the molecule is c1ccc(-c2nc(-c3ccc4c(c3)sc3ccccc34)nc(-n3c4ccccc4c4cc5c(cc43)c3ccccc3n5-c3ccccc3)n2)cc1. The number of hydrogen-bond donors (Lipinski definition) is 0. The quantitative estimate of drug-likeness (QED) is 0.187. The molecule has 0 radical (unpaired) electrons. The molecule has 0 unspecified atom stereocenters. The second-order valence-corrected chi connectivity index (χ2v) is 14.0. The van der Waals surface area contributed by atoms with Gasteiger partial charge in [-0.25, -0.2) is 4.98 Å². The first-order chi connectivity index (χ1) is 25.3. The van der Waals surface area contributed by atoms with Crippen molar-refractivity contribution in [2.75, 3.05) is 0 Å². The number of fused-ring (bicyclic) bond motifs is 9. The maximum absolute atomic E-state index is 5.27. The first kappa shape index (κ1) is 28.2. The van der Waals surface area contributed by atoms with E-state index in [1.54, 1.807) is 11.3 Å². The summed E-state index contributed by atoms with van der Waals surface area (Å²) in [6.07, 6.45) is 0. The Morgan fingerprint density at radius 3 is 1.63 bits per heavy atom. The van der Waals surface area contributed by atoms with Gasteiger partial charge in [0, 0.05) is 58.5 Å². The van der Waals surface area contributed by atoms with Crippen LogP contribution < -0.4 is 0 Å². The summed E-state index contributed by atoms with van der Waals surface area (Å²) in [4.78, 5) is 15.6. The lowest BCUT2D eigenvalue weighted by Crippen LogP contribution is -2.06. The standard InChI is InChI=1S/C45H27N5S/c1-3-13-28(14-4-1)43-46-44(29-23-24-34-33-19-9-12-22-41(33)51-42(34)25-29)48-45(47-43)50-38-21-11-8-18-32(38)36-26-39-35(27-40(36)50)31-17-7-10-20-37(31)49(39)30-15-5-2-6-16-30/h1-27H. The van der Waals surface area contributed by atoms with Crippen molar-refractivity contribution >= 4 is 75.1 Å². The Labute approximate surface area is 296 Å². The third-order valence-electron chi connectivity index (χ3n) is 9.97. The minimum Gasteiger partial charge on any atom is -0.309 e. The second-order valence-electron chi connectivity index (χ2n) is 12.9. The van der Waals surface area contributed by atoms with Crippen molar-refractivity contribution in [1.82, 2.24) is 24.1 Å². The average Bonchev–Trinajstić information content (AvgIpc) is 3.84. The van der Waals surface area contributed by atoms with Crippen molar-refractivity contribution in [3.8, 4) is 34.4 Å². The Kier molecular flexibility index (Phi) is 6.05. The van der Waals surface area contributed by atoms with Crippen LogP contribution >= 0.6 is 11.3 Å². The fourth-order valence-corrected chi connectivity index (χ4v) is 8.82. The third kappa shape index (κ3) is 4.30. The molecule has 0 aliphatic heterocycles. The van der Waals surface area contributed by atoms with Crippen LogP contribution in [0.25, 0.3) is 98.2 Å². The highest BCUT2D eigenvalue weighted by Gasteiger charge is 2.21. The number of rotatable bonds is 4. The molecule has 0 spiro atoms. The summed E-state index contributed by atoms with van der Waals surface area (Å²) in [6.45, 7) is 0. The molecule has 11 aromatic rings. The molecule has 0 saturated carbocycles. The van der Waals surface area contributed by atoms with Gasteiger partial charge in [-0.1, -0.05) is 115 Å². The zero-order valence-electron chi connectivity index (χ0n) is 27.2. The van der Waals surface area contributed by atoms with E-state index in [4.69, 9.17) is 15.0 Å². The van der Waals surface area contributed by atoms with Gasteiger partial charge in [0.1, 0.15) is 0 Å². The fraction of sp³-hybridized carbons (Fsp3) is 0. The summed E-state index contributed by atoms with van der Waals surface area (Å²) in [6, 6.07) is 57.8. The predicted octanol–water partition coefficient (Wildman–Crippen LogP) is 11.8. The molecule has 0 saturated heterocycles. The number of para-hydroxylation sites is 3. The van der Waals surface area contributed by atoms with E-state index in [1.165, 1.54) is 36.5 Å². The zero-order valence-corrected chi connectivity index (χ0v) is 28.0. The Morgan fingerprint density at radius 1 is 0.353 bits per heavy atom. The van der Waals surface area contributed by atoms with Gasteiger partial charge in [-0.3, -0.25) is 4.57 Å². The van der Waals surface area contributed by atoms with Crippen LogP contribution in [0.5, 0.6) is 0 Å². The van der Waals surface area contributed by atoms with Gasteiger partial charge in [-0.15, -0.1) is 11.3 Å². The van der Waals surface area contributed by atoms with Gasteiger partial charge in [0.25, 0.3) is 0 Å². The van der Waals surface area contributed by atoms with Gasteiger partial charge in [-0.05, 0) is 48.5 Å². The predicted molar refractivity (Wildman–Crippen MR) is 212 cm³/mol. The van der Waals surface area contributed by atoms with Crippen LogP contribution in [0.3, 0.4) is 0 Å². The lowest BCUT2D eigenvalue weighted by atomic mass is 10.1. The largest absolute Gasteiger partial charge is 0.309 e. The average molecular weight is 670 g/mol. The van der Waals surface area contributed by atoms with Crippen molar-refractivity contribution in [3.63, 3.8) is 0 Å². The number of hydrogen-bond acceptors (Lipinski definition) is 4. The van der Waals surface area contributed by atoms with E-state index < -0.39 is 0 Å². The maximum Gasteiger partial charge on any atom is 0.238 e. The van der Waals surface area contributed by atoms with Crippen molar-refractivity contribution in [1.29, 1.82) is 0 Å². The van der Waals surface area contributed by atoms with E-state index in [9.17, 15) is 0 Å². The summed E-state index contributed by atoms with van der Waals surface area (Å²) < 4.78 is 7.07. The molecule has 0 aliphatic rings. The van der Waals surface area contributed by atoms with E-state index in [-0.39, 0.29) is 0 Å². The lowest BCUT2D eigenvalue weighted by molar-refractivity contribution is 0.954. The molecule has 11 rings (SSSR count). The van der Waals surface area contributed by atoms with Crippen LogP contribution in [0.1, 0.15) is 0 Å². The topological polar surface area (TPSA) is 48.5 Å². The van der Waals surface area contributed by atoms with Crippen LogP contribution in [-0.4, -0.2) is 24.1 Å². The van der Waals surface area contributed by atoms with Crippen molar-refractivity contribution < 1.29 is 0 Å². The number of nitrogens with zero attached hydrogens (tertiary/aromatic N) is 5. The van der Waals surface area contributed by atoms with Gasteiger partial charge < -0.3 is 4.57 Å². The molecule has 6 heteroatoms. The van der Waals surface area contributed by atoms with Crippen LogP contribution in [0.15, 0.2) is 164 Å². The minimum atomic E-state index is 0.590. The van der Waals surface area contributed by atoms with E-state index in [1.807, 2.05) is 18.2 Å². The molecule has 5 nitrogen and oxygen atoms in total. The molecular formula is C45H27N5S. The van der Waals surface area contributed by atoms with Crippen molar-refractivity contribution in [2.24, 2.45) is 0 Å². The van der Waals surface area contributed by atoms with Crippen LogP contribution in [0.4, 0.5) is 0 Å². The van der Waals surface area contributed by atoms with Gasteiger partial charge in [0.05, 0.1) is 22.1 Å². The number of benzene rings is 7. The minimum absolute atomic E-state index is 0.590. The molecule has 0 bridgehead atoms. The van der Waals surface area contributed by atoms with E-state index in [0.717, 1.165) is 44.1 Å². The molecule has 0 amide bonds. The molecule has 0 atom stereocenters. The molecule has 7 aromatic carbocycles. The third-order valence-corrected chi connectivity index (χ3v) is 11.1. The van der Waals surface area contributed by atoms with Crippen molar-refractivity contribution in [2.45, 2.75) is 0 Å². The smallest absolute Gasteiger partial charge is 0.238 e. The van der Waals surface area contributed by atoms with E-state index >= 15 is 0 Å². The summed E-state index contributed by atoms with van der Waals surface area (Å²) in [5.41, 5.74) is 7.48. The fourth-order valence-electron chi connectivity index (χ4n) is 7.68. The molecule has 0 N–H and O–H groups in total. The Hall–Kier alpha value is -6.63. The first-order valence-electron chi connectivity index (χ1n) is 17.0.